The minimum Gasteiger partial charge on any atom is -0.359 e. The molecule has 116 valence electrons. The Morgan fingerprint density at radius 3 is 2.57 bits per heavy atom. The highest BCUT2D eigenvalue weighted by Crippen LogP contribution is 2.16. The third-order valence-corrected chi connectivity index (χ3v) is 4.16. The van der Waals surface area contributed by atoms with Gasteiger partial charge in [0.25, 0.3) is 0 Å². The molecule has 0 saturated heterocycles. The van der Waals surface area contributed by atoms with Crippen molar-refractivity contribution in [2.24, 2.45) is 0 Å². The normalized spacial score (nSPS) is 12.0. The van der Waals surface area contributed by atoms with Crippen molar-refractivity contribution in [2.45, 2.75) is 40.1 Å². The molecule has 0 amide bonds. The average molecular weight is 512 g/mol. The van der Waals surface area contributed by atoms with Crippen LogP contribution in [0.4, 0.5) is 0 Å². The molecule has 21 heavy (non-hydrogen) atoms. The van der Waals surface area contributed by atoms with Crippen molar-refractivity contribution in [1.82, 2.24) is 0 Å². The summed E-state index contributed by atoms with van der Waals surface area (Å²) in [5.41, 5.74) is 1.32. The molecule has 0 aromatic heterocycles. The van der Waals surface area contributed by atoms with Crippen LogP contribution in [0.2, 0.25) is 0 Å². The number of hydrogen-bond donors (Lipinski definition) is 0. The van der Waals surface area contributed by atoms with Crippen LogP contribution < -0.4 is 0 Å². The maximum absolute atomic E-state index is 5.64. The fourth-order valence-electron chi connectivity index (χ4n) is 1.82. The number of ether oxygens (including phenoxy) is 2. The van der Waals surface area contributed by atoms with Gasteiger partial charge in [-0.3, -0.25) is 0 Å². The van der Waals surface area contributed by atoms with Crippen LogP contribution in [-0.2, 0) is 15.9 Å². The van der Waals surface area contributed by atoms with Crippen LogP contribution in [-0.4, -0.2) is 21.9 Å². The molecule has 2 nitrogen and oxygen atoms in total. The maximum atomic E-state index is 5.64. The smallest absolute Gasteiger partial charge is 0.148 e. The zero-order chi connectivity index (χ0) is 15.3. The summed E-state index contributed by atoms with van der Waals surface area (Å²) < 4.78 is 11.3. The highest BCUT2D eigenvalue weighted by Gasteiger charge is 2.05. The summed E-state index contributed by atoms with van der Waals surface area (Å²) in [5, 5.41) is 0. The van der Waals surface area contributed by atoms with Crippen molar-refractivity contribution in [1.29, 1.82) is 0 Å². The zero-order valence-corrected chi connectivity index (χ0v) is 16.7. The van der Waals surface area contributed by atoms with Gasteiger partial charge in [-0.15, -0.1) is 5.92 Å². The molecule has 0 aliphatic heterocycles. The lowest BCUT2D eigenvalue weighted by atomic mass is 10.1. The highest BCUT2D eigenvalue weighted by atomic mass is 127. The first kappa shape index (κ1) is 19.2. The van der Waals surface area contributed by atoms with Crippen molar-refractivity contribution < 1.29 is 9.47 Å². The lowest BCUT2D eigenvalue weighted by Gasteiger charge is -2.11. The summed E-state index contributed by atoms with van der Waals surface area (Å²) in [6.45, 7) is 0.303. The van der Waals surface area contributed by atoms with Gasteiger partial charge in [-0.05, 0) is 31.2 Å². The van der Waals surface area contributed by atoms with Crippen LogP contribution in [0.1, 0.15) is 31.2 Å². The predicted molar refractivity (Wildman–Crippen MR) is 105 cm³/mol. The van der Waals surface area contributed by atoms with Gasteiger partial charge in [-0.2, -0.15) is 0 Å². The molecular weight excluding hydrogens is 490 g/mol. The van der Waals surface area contributed by atoms with Gasteiger partial charge in [0.2, 0.25) is 0 Å². The standard InChI is InChI=1S/C17H22I2O2/c1-20-14-21-16(10-6-3-7-11-17(18)19)13-12-15-8-4-2-5-9-15/h2,4-5,8-9,16-17H,3,7,11-14H2,1H3. The number of aryl methyl sites for hydroxylation is 1. The maximum Gasteiger partial charge on any atom is 0.148 e. The second kappa shape index (κ2) is 12.7. The fraction of sp³-hybridized carbons (Fsp3) is 0.529. The first-order chi connectivity index (χ1) is 10.2. The minimum atomic E-state index is -0.0415. The van der Waals surface area contributed by atoms with E-state index in [1.807, 2.05) is 6.07 Å². The van der Waals surface area contributed by atoms with Crippen LogP contribution in [0, 0.1) is 11.8 Å². The summed E-state index contributed by atoms with van der Waals surface area (Å²) in [6, 6.07) is 10.5. The van der Waals surface area contributed by atoms with Gasteiger partial charge in [0.05, 0.1) is 1.93 Å². The molecule has 1 rings (SSSR count). The third-order valence-electron chi connectivity index (χ3n) is 2.91. The molecule has 1 aromatic carbocycles. The Labute approximate surface area is 155 Å². The van der Waals surface area contributed by atoms with E-state index in [1.165, 1.54) is 12.0 Å². The lowest BCUT2D eigenvalue weighted by Crippen LogP contribution is -2.13. The summed E-state index contributed by atoms with van der Waals surface area (Å²) in [4.78, 5) is 0. The van der Waals surface area contributed by atoms with E-state index in [9.17, 15) is 0 Å². The van der Waals surface area contributed by atoms with Crippen LogP contribution in [0.15, 0.2) is 30.3 Å². The third kappa shape index (κ3) is 10.5. The number of alkyl halides is 2. The number of methoxy groups -OCH3 is 1. The van der Waals surface area contributed by atoms with E-state index in [-0.39, 0.29) is 6.10 Å². The van der Waals surface area contributed by atoms with Crippen molar-refractivity contribution in [3.63, 3.8) is 0 Å². The Kier molecular flexibility index (Phi) is 11.6. The van der Waals surface area contributed by atoms with Crippen LogP contribution in [0.25, 0.3) is 0 Å². The van der Waals surface area contributed by atoms with E-state index in [4.69, 9.17) is 9.47 Å². The van der Waals surface area contributed by atoms with Crippen LogP contribution in [0.5, 0.6) is 0 Å². The fourth-order valence-corrected chi connectivity index (χ4v) is 2.70. The van der Waals surface area contributed by atoms with Crippen molar-refractivity contribution in [3.05, 3.63) is 35.9 Å². The Morgan fingerprint density at radius 2 is 1.90 bits per heavy atom. The van der Waals surface area contributed by atoms with Gasteiger partial charge in [0.1, 0.15) is 12.9 Å². The molecule has 0 bridgehead atoms. The second-order valence-corrected chi connectivity index (χ2v) is 10.1. The molecule has 0 saturated carbocycles. The van der Waals surface area contributed by atoms with E-state index in [1.54, 1.807) is 7.11 Å². The number of unbranched alkanes of at least 4 members (excludes halogenated alkanes) is 1. The Hall–Kier alpha value is 0.160. The molecule has 0 radical (unpaired) electrons. The summed E-state index contributed by atoms with van der Waals surface area (Å²) in [6.07, 6.45) is 5.15. The Balaban J connectivity index is 2.38. The molecule has 1 atom stereocenters. The molecule has 0 heterocycles. The molecule has 1 aromatic rings. The second-order valence-electron chi connectivity index (χ2n) is 4.69. The minimum absolute atomic E-state index is 0.0415. The van der Waals surface area contributed by atoms with Crippen molar-refractivity contribution in [2.75, 3.05) is 13.9 Å². The quantitative estimate of drug-likeness (QED) is 0.153. The van der Waals surface area contributed by atoms with Gasteiger partial charge in [0, 0.05) is 13.5 Å². The van der Waals surface area contributed by atoms with Gasteiger partial charge < -0.3 is 9.47 Å². The van der Waals surface area contributed by atoms with E-state index >= 15 is 0 Å². The number of benzene rings is 1. The van der Waals surface area contributed by atoms with Crippen molar-refractivity contribution in [3.8, 4) is 11.8 Å². The molecule has 0 spiro atoms. The number of rotatable bonds is 9. The largest absolute Gasteiger partial charge is 0.359 e. The zero-order valence-electron chi connectivity index (χ0n) is 12.4. The molecule has 4 heteroatoms. The summed E-state index contributed by atoms with van der Waals surface area (Å²) >= 11 is 4.89. The summed E-state index contributed by atoms with van der Waals surface area (Å²) in [5.74, 6) is 6.49. The van der Waals surface area contributed by atoms with Gasteiger partial charge >= 0.3 is 0 Å². The van der Waals surface area contributed by atoms with E-state index in [0.717, 1.165) is 25.7 Å². The Morgan fingerprint density at radius 1 is 1.14 bits per heavy atom. The molecular formula is C17H22I2O2. The average Bonchev–Trinajstić information content (AvgIpc) is 2.49. The molecule has 0 aliphatic rings. The highest BCUT2D eigenvalue weighted by molar-refractivity contribution is 14.2. The lowest BCUT2D eigenvalue weighted by molar-refractivity contribution is -0.0541. The van der Waals surface area contributed by atoms with Gasteiger partial charge in [-0.25, -0.2) is 0 Å². The van der Waals surface area contributed by atoms with Crippen LogP contribution >= 0.6 is 45.2 Å². The topological polar surface area (TPSA) is 18.5 Å². The first-order valence-electron chi connectivity index (χ1n) is 7.13. The van der Waals surface area contributed by atoms with Gasteiger partial charge in [0.15, 0.2) is 0 Å². The first-order valence-corrected chi connectivity index (χ1v) is 9.62. The number of halogens is 2. The molecule has 0 N–H and O–H groups in total. The van der Waals surface area contributed by atoms with Crippen molar-refractivity contribution >= 4 is 45.2 Å². The van der Waals surface area contributed by atoms with Crippen LogP contribution in [0.3, 0.4) is 0 Å². The summed E-state index contributed by atoms with van der Waals surface area (Å²) in [7, 11) is 1.64. The monoisotopic (exact) mass is 512 g/mol. The molecule has 0 fully saturated rings. The number of hydrogen-bond acceptors (Lipinski definition) is 2. The van der Waals surface area contributed by atoms with E-state index in [2.05, 4.69) is 81.3 Å². The molecule has 0 aliphatic carbocycles. The van der Waals surface area contributed by atoms with E-state index < -0.39 is 0 Å². The van der Waals surface area contributed by atoms with E-state index in [0.29, 0.717) is 8.72 Å². The Bertz CT molecular complexity index is 423. The SMILES string of the molecule is COCOC(C#CCCCC(I)I)CCc1ccccc1. The van der Waals surface area contributed by atoms with Gasteiger partial charge in [-0.1, -0.05) is 81.4 Å². The molecule has 1 unspecified atom stereocenters. The predicted octanol–water partition coefficient (Wildman–Crippen LogP) is 4.98.